The highest BCUT2D eigenvalue weighted by Gasteiger charge is 2.49. The van der Waals surface area contributed by atoms with Crippen LogP contribution in [0.4, 0.5) is 0 Å². The second-order valence-electron chi connectivity index (χ2n) is 8.35. The molecule has 2 aromatic carbocycles. The van der Waals surface area contributed by atoms with Crippen molar-refractivity contribution in [1.29, 1.82) is 0 Å². The van der Waals surface area contributed by atoms with Crippen molar-refractivity contribution in [3.05, 3.63) is 52.1 Å². The molecule has 7 nitrogen and oxygen atoms in total. The third-order valence-electron chi connectivity index (χ3n) is 6.19. The predicted octanol–water partition coefficient (Wildman–Crippen LogP) is 4.07. The Bertz CT molecular complexity index is 1260. The van der Waals surface area contributed by atoms with Crippen LogP contribution in [0.15, 0.2) is 29.8 Å². The van der Waals surface area contributed by atoms with E-state index in [9.17, 15) is 19.8 Å². The van der Waals surface area contributed by atoms with Crippen molar-refractivity contribution in [2.75, 3.05) is 21.3 Å². The molecule has 4 rings (SSSR count). The zero-order chi connectivity index (χ0) is 23.5. The number of carbonyl (C=O) groups excluding carboxylic acids is 2. The van der Waals surface area contributed by atoms with Crippen LogP contribution in [0.1, 0.15) is 40.9 Å². The van der Waals surface area contributed by atoms with Crippen molar-refractivity contribution in [2.24, 2.45) is 5.41 Å². The molecule has 0 heterocycles. The largest absolute Gasteiger partial charge is 0.508 e. The maximum Gasteiger partial charge on any atom is 0.204 e. The number of Topliss-reactive ketones (excluding diaryl/α,β-unsaturated/α-hetero) is 1. The zero-order valence-electron chi connectivity index (χ0n) is 18.7. The number of phenolic OH excluding ortho intramolecular Hbond substituents is 2. The molecule has 7 heteroatoms. The fourth-order valence-corrected chi connectivity index (χ4v) is 4.47. The van der Waals surface area contributed by atoms with Crippen LogP contribution in [0.5, 0.6) is 28.7 Å². The summed E-state index contributed by atoms with van der Waals surface area (Å²) in [5.41, 5.74) is 1.65. The van der Waals surface area contributed by atoms with Crippen molar-refractivity contribution < 1.29 is 34.0 Å². The number of fused-ring (bicyclic) bond motifs is 3. The van der Waals surface area contributed by atoms with Gasteiger partial charge in [0.2, 0.25) is 5.75 Å². The number of hydrogen-bond acceptors (Lipinski definition) is 7. The number of ether oxygens (including phenoxy) is 3. The van der Waals surface area contributed by atoms with Crippen LogP contribution in [0.2, 0.25) is 0 Å². The number of carbonyl (C=O) groups is 2. The van der Waals surface area contributed by atoms with Crippen molar-refractivity contribution in [2.45, 2.75) is 20.8 Å². The van der Waals surface area contributed by atoms with Crippen LogP contribution < -0.4 is 14.2 Å². The third-order valence-corrected chi connectivity index (χ3v) is 6.19. The van der Waals surface area contributed by atoms with E-state index in [2.05, 4.69) is 0 Å². The molecule has 0 aliphatic heterocycles. The molecule has 0 amide bonds. The molecule has 32 heavy (non-hydrogen) atoms. The standard InChI is InChI=1S/C25H24O7/c1-11-7-12-13(8-15(11)26)19-14(9-16(12)27)25(2,3)24(29)21(19)20-17(28)10-18(30-4)22(31-5)23(20)32-6/h7-10,26,28H,1-6H3. The van der Waals surface area contributed by atoms with Gasteiger partial charge in [0.1, 0.15) is 11.5 Å². The van der Waals surface area contributed by atoms with Gasteiger partial charge in [-0.05, 0) is 61.3 Å². The number of methoxy groups -OCH3 is 3. The number of benzene rings is 2. The number of aryl methyl sites for hydroxylation is 1. The molecule has 0 saturated heterocycles. The molecule has 0 aromatic heterocycles. The topological polar surface area (TPSA) is 102 Å². The summed E-state index contributed by atoms with van der Waals surface area (Å²) in [6.45, 7) is 5.15. The minimum atomic E-state index is -1.04. The van der Waals surface area contributed by atoms with E-state index in [-0.39, 0.29) is 51.5 Å². The summed E-state index contributed by atoms with van der Waals surface area (Å²) >= 11 is 0. The van der Waals surface area contributed by atoms with Gasteiger partial charge in [0.25, 0.3) is 0 Å². The first-order valence-corrected chi connectivity index (χ1v) is 10.0. The average molecular weight is 436 g/mol. The fourth-order valence-electron chi connectivity index (χ4n) is 4.47. The lowest BCUT2D eigenvalue weighted by molar-refractivity contribution is -0.119. The molecular formula is C25H24O7. The molecule has 0 radical (unpaired) electrons. The lowest BCUT2D eigenvalue weighted by Gasteiger charge is -2.24. The van der Waals surface area contributed by atoms with Crippen LogP contribution in [0.25, 0.3) is 11.1 Å². The van der Waals surface area contributed by atoms with Crippen LogP contribution in [-0.4, -0.2) is 43.1 Å². The molecular weight excluding hydrogens is 412 g/mol. The minimum absolute atomic E-state index is 0.00491. The molecule has 0 unspecified atom stereocenters. The molecule has 0 fully saturated rings. The van der Waals surface area contributed by atoms with Gasteiger partial charge < -0.3 is 24.4 Å². The van der Waals surface area contributed by atoms with Gasteiger partial charge in [-0.15, -0.1) is 0 Å². The molecule has 2 aliphatic carbocycles. The quantitative estimate of drug-likeness (QED) is 0.745. The highest BCUT2D eigenvalue weighted by Crippen LogP contribution is 2.58. The SMILES string of the molecule is COc1cc(O)c(C2=C3C(=CC(=O)c4cc(C)c(O)cc43)C(C)(C)C2=O)c(OC)c1OC. The Morgan fingerprint density at radius 1 is 0.812 bits per heavy atom. The van der Waals surface area contributed by atoms with Crippen LogP contribution in [0, 0.1) is 12.3 Å². The van der Waals surface area contributed by atoms with Crippen molar-refractivity contribution in [3.63, 3.8) is 0 Å². The normalized spacial score (nSPS) is 16.5. The van der Waals surface area contributed by atoms with Crippen molar-refractivity contribution in [1.82, 2.24) is 0 Å². The maximum atomic E-state index is 13.7. The van der Waals surface area contributed by atoms with Crippen LogP contribution in [-0.2, 0) is 4.79 Å². The Labute approximate surface area is 185 Å². The zero-order valence-corrected chi connectivity index (χ0v) is 18.7. The Hall–Kier alpha value is -3.74. The van der Waals surface area contributed by atoms with Gasteiger partial charge in [-0.3, -0.25) is 9.59 Å². The Morgan fingerprint density at radius 3 is 2.06 bits per heavy atom. The lowest BCUT2D eigenvalue weighted by Crippen LogP contribution is -2.23. The molecule has 2 N–H and O–H groups in total. The molecule has 2 aliphatic rings. The van der Waals surface area contributed by atoms with E-state index in [1.807, 2.05) is 0 Å². The minimum Gasteiger partial charge on any atom is -0.508 e. The van der Waals surface area contributed by atoms with E-state index in [1.54, 1.807) is 26.8 Å². The molecule has 166 valence electrons. The fraction of sp³-hybridized carbons (Fsp3) is 0.280. The van der Waals surface area contributed by atoms with E-state index in [0.29, 0.717) is 27.8 Å². The van der Waals surface area contributed by atoms with E-state index in [1.165, 1.54) is 39.5 Å². The maximum absolute atomic E-state index is 13.7. The van der Waals surface area contributed by atoms with Gasteiger partial charge in [0.05, 0.1) is 32.3 Å². The smallest absolute Gasteiger partial charge is 0.204 e. The van der Waals surface area contributed by atoms with Gasteiger partial charge >= 0.3 is 0 Å². The van der Waals surface area contributed by atoms with Gasteiger partial charge in [0, 0.05) is 17.2 Å². The first-order valence-electron chi connectivity index (χ1n) is 10.0. The summed E-state index contributed by atoms with van der Waals surface area (Å²) in [5, 5.41) is 21.3. The van der Waals surface area contributed by atoms with Gasteiger partial charge in [0.15, 0.2) is 23.1 Å². The third kappa shape index (κ3) is 2.74. The number of hydrogen-bond donors (Lipinski definition) is 2. The second-order valence-corrected chi connectivity index (χ2v) is 8.35. The van der Waals surface area contributed by atoms with E-state index >= 15 is 0 Å². The Balaban J connectivity index is 2.18. The summed E-state index contributed by atoms with van der Waals surface area (Å²) in [6, 6.07) is 4.45. The van der Waals surface area contributed by atoms with E-state index in [0.717, 1.165) is 0 Å². The summed E-state index contributed by atoms with van der Waals surface area (Å²) in [5.74, 6) is -0.172. The van der Waals surface area contributed by atoms with Crippen LogP contribution >= 0.6 is 0 Å². The number of ketones is 2. The van der Waals surface area contributed by atoms with Crippen LogP contribution in [0.3, 0.4) is 0 Å². The first-order chi connectivity index (χ1) is 15.1. The average Bonchev–Trinajstić information content (AvgIpc) is 2.94. The summed E-state index contributed by atoms with van der Waals surface area (Å²) in [7, 11) is 4.26. The van der Waals surface area contributed by atoms with Gasteiger partial charge in [-0.25, -0.2) is 0 Å². The van der Waals surface area contributed by atoms with Crippen molar-refractivity contribution in [3.8, 4) is 28.7 Å². The highest BCUT2D eigenvalue weighted by molar-refractivity contribution is 6.40. The summed E-state index contributed by atoms with van der Waals surface area (Å²) in [4.78, 5) is 26.6. The van der Waals surface area contributed by atoms with Crippen molar-refractivity contribution >= 4 is 22.7 Å². The first kappa shape index (κ1) is 21.5. The molecule has 0 atom stereocenters. The lowest BCUT2D eigenvalue weighted by atomic mass is 9.77. The number of allylic oxidation sites excluding steroid dienone is 4. The number of aromatic hydroxyl groups is 2. The number of phenols is 2. The highest BCUT2D eigenvalue weighted by atomic mass is 16.5. The molecule has 0 spiro atoms. The Kier molecular flexibility index (Phi) is 4.80. The summed E-state index contributed by atoms with van der Waals surface area (Å²) in [6.07, 6.45) is 1.46. The summed E-state index contributed by atoms with van der Waals surface area (Å²) < 4.78 is 16.3. The molecule has 0 bridgehead atoms. The number of rotatable bonds is 4. The van der Waals surface area contributed by atoms with Gasteiger partial charge in [-0.1, -0.05) is 0 Å². The second kappa shape index (κ2) is 7.15. The van der Waals surface area contributed by atoms with Gasteiger partial charge in [-0.2, -0.15) is 0 Å². The molecule has 0 saturated carbocycles. The monoisotopic (exact) mass is 436 g/mol. The van der Waals surface area contributed by atoms with E-state index in [4.69, 9.17) is 14.2 Å². The van der Waals surface area contributed by atoms with E-state index < -0.39 is 5.41 Å². The predicted molar refractivity (Wildman–Crippen MR) is 119 cm³/mol. The molecule has 2 aromatic rings. The Morgan fingerprint density at radius 2 is 1.47 bits per heavy atom.